The van der Waals surface area contributed by atoms with Crippen LogP contribution < -0.4 is 0 Å². The van der Waals surface area contributed by atoms with E-state index in [0.29, 0.717) is 6.42 Å². The van der Waals surface area contributed by atoms with Crippen molar-refractivity contribution in [2.75, 3.05) is 19.6 Å². The fourth-order valence-electron chi connectivity index (χ4n) is 2.78. The van der Waals surface area contributed by atoms with Crippen molar-refractivity contribution < 1.29 is 14.6 Å². The molecule has 2 atom stereocenters. The van der Waals surface area contributed by atoms with Crippen LogP contribution in [0.2, 0.25) is 0 Å². The van der Waals surface area contributed by atoms with Crippen molar-refractivity contribution in [3.63, 3.8) is 0 Å². The number of ether oxygens (including phenoxy) is 1. The van der Waals surface area contributed by atoms with Gasteiger partial charge in [-0.3, -0.25) is 9.69 Å². The third kappa shape index (κ3) is 2.95. The first-order valence-electron chi connectivity index (χ1n) is 6.09. The first-order valence-corrected chi connectivity index (χ1v) is 6.09. The second-order valence-electron chi connectivity index (χ2n) is 5.52. The lowest BCUT2D eigenvalue weighted by Crippen LogP contribution is -2.47. The molecular formula is C12H21NO3. The van der Waals surface area contributed by atoms with Crippen molar-refractivity contribution in [2.45, 2.75) is 45.3 Å². The molecule has 0 spiro atoms. The molecule has 2 fully saturated rings. The lowest BCUT2D eigenvalue weighted by molar-refractivity contribution is -0.139. The Labute approximate surface area is 96.6 Å². The number of rotatable bonds is 4. The Morgan fingerprint density at radius 2 is 1.94 bits per heavy atom. The molecule has 0 bridgehead atoms. The van der Waals surface area contributed by atoms with E-state index in [2.05, 4.69) is 18.7 Å². The van der Waals surface area contributed by atoms with E-state index in [1.54, 1.807) is 0 Å². The predicted molar refractivity (Wildman–Crippen MR) is 60.4 cm³/mol. The minimum Gasteiger partial charge on any atom is -0.481 e. The highest BCUT2D eigenvalue weighted by atomic mass is 16.5. The monoisotopic (exact) mass is 227 g/mol. The Kier molecular flexibility index (Phi) is 3.22. The second kappa shape index (κ2) is 4.34. The number of carboxylic acids is 1. The summed E-state index contributed by atoms with van der Waals surface area (Å²) in [6.07, 6.45) is 3.00. The highest BCUT2D eigenvalue weighted by Gasteiger charge is 2.46. The van der Waals surface area contributed by atoms with E-state index < -0.39 is 5.97 Å². The first-order chi connectivity index (χ1) is 7.49. The van der Waals surface area contributed by atoms with Gasteiger partial charge in [-0.25, -0.2) is 0 Å². The van der Waals surface area contributed by atoms with Crippen LogP contribution in [0.25, 0.3) is 0 Å². The summed E-state index contributed by atoms with van der Waals surface area (Å²) in [5.74, 6) is -0.660. The summed E-state index contributed by atoms with van der Waals surface area (Å²) in [7, 11) is 0. The lowest BCUT2D eigenvalue weighted by Gasteiger charge is -2.37. The van der Waals surface area contributed by atoms with Crippen LogP contribution in [0.1, 0.15) is 33.1 Å². The Morgan fingerprint density at radius 1 is 1.38 bits per heavy atom. The number of morpholine rings is 1. The Morgan fingerprint density at radius 3 is 2.38 bits per heavy atom. The van der Waals surface area contributed by atoms with Crippen LogP contribution in [0.15, 0.2) is 0 Å². The van der Waals surface area contributed by atoms with E-state index in [-0.39, 0.29) is 17.6 Å². The number of nitrogens with zero attached hydrogens (tertiary/aromatic N) is 1. The summed E-state index contributed by atoms with van der Waals surface area (Å²) in [5, 5.41) is 8.88. The first kappa shape index (κ1) is 11.9. The molecule has 2 aliphatic rings. The molecule has 4 nitrogen and oxygen atoms in total. The summed E-state index contributed by atoms with van der Waals surface area (Å²) in [4.78, 5) is 13.2. The zero-order chi connectivity index (χ0) is 11.8. The molecule has 0 unspecified atom stereocenters. The largest absolute Gasteiger partial charge is 0.481 e. The zero-order valence-corrected chi connectivity index (χ0v) is 10.1. The molecule has 16 heavy (non-hydrogen) atoms. The molecular weight excluding hydrogens is 206 g/mol. The quantitative estimate of drug-likeness (QED) is 0.787. The van der Waals surface area contributed by atoms with Gasteiger partial charge in [-0.15, -0.1) is 0 Å². The summed E-state index contributed by atoms with van der Waals surface area (Å²) < 4.78 is 5.67. The van der Waals surface area contributed by atoms with Gasteiger partial charge in [0, 0.05) is 19.6 Å². The third-order valence-electron chi connectivity index (χ3n) is 3.54. The molecule has 1 aliphatic heterocycles. The van der Waals surface area contributed by atoms with Gasteiger partial charge in [0.1, 0.15) is 0 Å². The van der Waals surface area contributed by atoms with Gasteiger partial charge >= 0.3 is 5.97 Å². The van der Waals surface area contributed by atoms with E-state index in [1.165, 1.54) is 0 Å². The van der Waals surface area contributed by atoms with Gasteiger partial charge in [0.05, 0.1) is 18.6 Å². The van der Waals surface area contributed by atoms with Crippen LogP contribution >= 0.6 is 0 Å². The molecule has 0 amide bonds. The molecule has 1 N–H and O–H groups in total. The van der Waals surface area contributed by atoms with Gasteiger partial charge in [0.25, 0.3) is 0 Å². The maximum atomic E-state index is 10.8. The smallest absolute Gasteiger partial charge is 0.303 e. The summed E-state index contributed by atoms with van der Waals surface area (Å²) >= 11 is 0. The molecule has 92 valence electrons. The molecule has 1 heterocycles. The molecule has 0 aromatic rings. The van der Waals surface area contributed by atoms with Crippen LogP contribution in [0.4, 0.5) is 0 Å². The highest BCUT2D eigenvalue weighted by molar-refractivity contribution is 5.68. The van der Waals surface area contributed by atoms with Crippen LogP contribution in [-0.2, 0) is 9.53 Å². The molecule has 1 saturated carbocycles. The van der Waals surface area contributed by atoms with Crippen LogP contribution in [0.3, 0.4) is 0 Å². The minimum atomic E-state index is -0.660. The van der Waals surface area contributed by atoms with E-state index in [0.717, 1.165) is 32.5 Å². The van der Waals surface area contributed by atoms with Crippen molar-refractivity contribution in [1.82, 2.24) is 4.90 Å². The summed E-state index contributed by atoms with van der Waals surface area (Å²) in [6.45, 7) is 6.97. The standard InChI is InChI=1S/C12H21NO3/c1-9-6-13(7-10(2)16-9)8-12(3-4-12)5-11(14)15/h9-10H,3-8H2,1-2H3,(H,14,15)/t9-,10+. The SMILES string of the molecule is C[C@@H]1CN(CC2(CC(=O)O)CC2)C[C@H](C)O1. The van der Waals surface area contributed by atoms with Crippen molar-refractivity contribution in [1.29, 1.82) is 0 Å². The molecule has 2 rings (SSSR count). The van der Waals surface area contributed by atoms with Crippen molar-refractivity contribution in [3.05, 3.63) is 0 Å². The average Bonchev–Trinajstić information content (AvgIpc) is 2.80. The van der Waals surface area contributed by atoms with Crippen LogP contribution in [-0.4, -0.2) is 47.8 Å². The molecule has 0 aromatic carbocycles. The maximum Gasteiger partial charge on any atom is 0.303 e. The van der Waals surface area contributed by atoms with Crippen molar-refractivity contribution in [2.24, 2.45) is 5.41 Å². The number of hydrogen-bond donors (Lipinski definition) is 1. The number of carboxylic acid groups (broad SMARTS) is 1. The average molecular weight is 227 g/mol. The Hall–Kier alpha value is -0.610. The van der Waals surface area contributed by atoms with Crippen molar-refractivity contribution >= 4 is 5.97 Å². The molecule has 0 radical (unpaired) electrons. The van der Waals surface area contributed by atoms with E-state index in [4.69, 9.17) is 9.84 Å². The summed E-state index contributed by atoms with van der Waals surface area (Å²) in [6, 6.07) is 0. The molecule has 1 saturated heterocycles. The van der Waals surface area contributed by atoms with Gasteiger partial charge in [-0.1, -0.05) is 0 Å². The van der Waals surface area contributed by atoms with E-state index in [9.17, 15) is 4.79 Å². The number of hydrogen-bond acceptors (Lipinski definition) is 3. The zero-order valence-electron chi connectivity index (χ0n) is 10.1. The number of aliphatic carboxylic acids is 1. The van der Waals surface area contributed by atoms with Gasteiger partial charge in [0.15, 0.2) is 0 Å². The van der Waals surface area contributed by atoms with Gasteiger partial charge in [-0.05, 0) is 32.1 Å². The fraction of sp³-hybridized carbons (Fsp3) is 0.917. The number of carbonyl (C=O) groups is 1. The van der Waals surface area contributed by atoms with Gasteiger partial charge in [0.2, 0.25) is 0 Å². The summed E-state index contributed by atoms with van der Waals surface area (Å²) in [5.41, 5.74) is 0.0720. The van der Waals surface area contributed by atoms with E-state index >= 15 is 0 Å². The highest BCUT2D eigenvalue weighted by Crippen LogP contribution is 2.49. The van der Waals surface area contributed by atoms with Crippen LogP contribution in [0, 0.1) is 5.41 Å². The minimum absolute atomic E-state index is 0.0720. The Balaban J connectivity index is 1.87. The topological polar surface area (TPSA) is 49.8 Å². The van der Waals surface area contributed by atoms with Gasteiger partial charge in [-0.2, -0.15) is 0 Å². The van der Waals surface area contributed by atoms with Crippen molar-refractivity contribution in [3.8, 4) is 0 Å². The Bertz CT molecular complexity index is 265. The molecule has 1 aliphatic carbocycles. The second-order valence-corrected chi connectivity index (χ2v) is 5.52. The van der Waals surface area contributed by atoms with Gasteiger partial charge < -0.3 is 9.84 Å². The van der Waals surface area contributed by atoms with E-state index in [1.807, 2.05) is 0 Å². The molecule has 4 heteroatoms. The maximum absolute atomic E-state index is 10.8. The third-order valence-corrected chi connectivity index (χ3v) is 3.54. The lowest BCUT2D eigenvalue weighted by atomic mass is 10.0. The van der Waals surface area contributed by atoms with Crippen LogP contribution in [0.5, 0.6) is 0 Å². The molecule has 0 aromatic heterocycles. The normalized spacial score (nSPS) is 33.6. The fourth-order valence-corrected chi connectivity index (χ4v) is 2.78. The predicted octanol–water partition coefficient (Wildman–Crippen LogP) is 1.35.